The number of benzene rings is 2. The Kier molecular flexibility index (Phi) is 4.60. The number of nitrogens with zero attached hydrogens (tertiary/aromatic N) is 3. The van der Waals surface area contributed by atoms with Crippen LogP contribution in [-0.4, -0.2) is 30.6 Å². The van der Waals surface area contributed by atoms with E-state index in [1.165, 1.54) is 6.33 Å². The standard InChI is InChI=1S/C20H15BrN4O2/c21-14-6-7-17-15(8-14)16(11-25(17)10-13-4-2-1-3-5-13)18(26)9-19(27)20-22-12-23-24-20/h1-9,11-12,26H,10H2,(H,22,23,24). The molecule has 0 atom stereocenters. The summed E-state index contributed by atoms with van der Waals surface area (Å²) in [6.07, 6.45) is 4.26. The highest BCUT2D eigenvalue weighted by atomic mass is 79.9. The molecular formula is C20H15BrN4O2. The molecule has 4 rings (SSSR count). The number of carbonyl (C=O) groups is 1. The van der Waals surface area contributed by atoms with Crippen LogP contribution in [0.25, 0.3) is 16.7 Å². The third kappa shape index (κ3) is 3.54. The summed E-state index contributed by atoms with van der Waals surface area (Å²) >= 11 is 3.47. The van der Waals surface area contributed by atoms with Gasteiger partial charge in [0.15, 0.2) is 5.82 Å². The third-order valence-electron chi connectivity index (χ3n) is 4.23. The Morgan fingerprint density at radius 3 is 2.78 bits per heavy atom. The molecule has 0 aliphatic rings. The van der Waals surface area contributed by atoms with E-state index in [-0.39, 0.29) is 11.6 Å². The number of rotatable bonds is 5. The molecule has 134 valence electrons. The molecule has 2 aromatic heterocycles. The van der Waals surface area contributed by atoms with Crippen molar-refractivity contribution in [2.45, 2.75) is 6.54 Å². The van der Waals surface area contributed by atoms with Gasteiger partial charge in [0.05, 0.1) is 0 Å². The minimum absolute atomic E-state index is 0.0794. The lowest BCUT2D eigenvalue weighted by atomic mass is 10.1. The number of nitrogens with one attached hydrogen (secondary N) is 1. The van der Waals surface area contributed by atoms with E-state index in [2.05, 4.69) is 35.7 Å². The van der Waals surface area contributed by atoms with E-state index < -0.39 is 5.78 Å². The molecule has 6 nitrogen and oxygen atoms in total. The second kappa shape index (κ2) is 7.20. The van der Waals surface area contributed by atoms with E-state index in [1.807, 2.05) is 54.7 Å². The van der Waals surface area contributed by atoms with Crippen molar-refractivity contribution in [2.75, 3.05) is 0 Å². The van der Waals surface area contributed by atoms with Crippen molar-refractivity contribution in [3.05, 3.63) is 88.6 Å². The zero-order chi connectivity index (χ0) is 18.8. The van der Waals surface area contributed by atoms with Gasteiger partial charge < -0.3 is 9.67 Å². The van der Waals surface area contributed by atoms with Crippen LogP contribution in [-0.2, 0) is 6.54 Å². The lowest BCUT2D eigenvalue weighted by Gasteiger charge is -2.05. The van der Waals surface area contributed by atoms with Crippen molar-refractivity contribution in [2.24, 2.45) is 0 Å². The van der Waals surface area contributed by atoms with Crippen molar-refractivity contribution < 1.29 is 9.90 Å². The van der Waals surface area contributed by atoms with Gasteiger partial charge in [-0.1, -0.05) is 46.3 Å². The van der Waals surface area contributed by atoms with E-state index in [1.54, 1.807) is 0 Å². The number of aromatic nitrogens is 4. The molecule has 2 N–H and O–H groups in total. The lowest BCUT2D eigenvalue weighted by molar-refractivity contribution is 0.103. The fourth-order valence-electron chi connectivity index (χ4n) is 2.98. The van der Waals surface area contributed by atoms with Crippen molar-refractivity contribution in [3.63, 3.8) is 0 Å². The number of aliphatic hydroxyl groups excluding tert-OH is 1. The molecule has 0 aliphatic carbocycles. The number of aromatic amines is 1. The molecule has 0 saturated carbocycles. The minimum atomic E-state index is -0.441. The van der Waals surface area contributed by atoms with Gasteiger partial charge in [-0.25, -0.2) is 4.98 Å². The van der Waals surface area contributed by atoms with Crippen LogP contribution in [0.3, 0.4) is 0 Å². The summed E-state index contributed by atoms with van der Waals surface area (Å²) in [4.78, 5) is 16.0. The van der Waals surface area contributed by atoms with E-state index in [0.29, 0.717) is 12.1 Å². The second-order valence-corrected chi connectivity index (χ2v) is 6.96. The number of halogens is 1. The maximum Gasteiger partial charge on any atom is 0.226 e. The largest absolute Gasteiger partial charge is 0.507 e. The number of allylic oxidation sites excluding steroid dienone is 1. The van der Waals surface area contributed by atoms with E-state index >= 15 is 0 Å². The van der Waals surface area contributed by atoms with Crippen molar-refractivity contribution >= 4 is 38.4 Å². The normalized spacial score (nSPS) is 11.8. The average Bonchev–Trinajstić information content (AvgIpc) is 3.31. The van der Waals surface area contributed by atoms with E-state index in [9.17, 15) is 9.90 Å². The van der Waals surface area contributed by atoms with Gasteiger partial charge in [0.2, 0.25) is 5.78 Å². The van der Waals surface area contributed by atoms with E-state index in [4.69, 9.17) is 0 Å². The number of hydrogen-bond acceptors (Lipinski definition) is 4. The van der Waals surface area contributed by atoms with Crippen molar-refractivity contribution in [3.8, 4) is 0 Å². The lowest BCUT2D eigenvalue weighted by Crippen LogP contribution is -1.99. The molecule has 27 heavy (non-hydrogen) atoms. The maximum absolute atomic E-state index is 12.2. The summed E-state index contributed by atoms with van der Waals surface area (Å²) in [5, 5.41) is 17.6. The van der Waals surface area contributed by atoms with Gasteiger partial charge in [-0.15, -0.1) is 0 Å². The van der Waals surface area contributed by atoms with Crippen LogP contribution in [0.4, 0.5) is 0 Å². The van der Waals surface area contributed by atoms with Crippen LogP contribution in [0.5, 0.6) is 0 Å². The van der Waals surface area contributed by atoms with Gasteiger partial charge in [0.25, 0.3) is 0 Å². The van der Waals surface area contributed by atoms with Gasteiger partial charge in [-0.3, -0.25) is 9.89 Å². The molecule has 0 aliphatic heterocycles. The fraction of sp³-hybridized carbons (Fsp3) is 0.0500. The molecule has 0 saturated heterocycles. The first kappa shape index (κ1) is 17.2. The zero-order valence-electron chi connectivity index (χ0n) is 14.1. The number of ketones is 1. The van der Waals surface area contributed by atoms with Gasteiger partial charge in [0, 0.05) is 39.8 Å². The van der Waals surface area contributed by atoms with Crippen LogP contribution in [0.1, 0.15) is 21.7 Å². The Labute approximate surface area is 163 Å². The molecule has 0 amide bonds. The number of fused-ring (bicyclic) bond motifs is 1. The molecule has 0 radical (unpaired) electrons. The molecule has 2 heterocycles. The highest BCUT2D eigenvalue weighted by Gasteiger charge is 2.15. The van der Waals surface area contributed by atoms with Crippen LogP contribution in [0, 0.1) is 0 Å². The van der Waals surface area contributed by atoms with Gasteiger partial charge in [-0.05, 0) is 23.8 Å². The minimum Gasteiger partial charge on any atom is -0.507 e. The number of H-pyrrole nitrogens is 1. The van der Waals surface area contributed by atoms with Crippen LogP contribution >= 0.6 is 15.9 Å². The van der Waals surface area contributed by atoms with Crippen LogP contribution < -0.4 is 0 Å². The first-order chi connectivity index (χ1) is 13.1. The molecule has 0 unspecified atom stereocenters. The van der Waals surface area contributed by atoms with E-state index in [0.717, 1.165) is 27.0 Å². The number of carbonyl (C=O) groups excluding carboxylic acids is 1. The maximum atomic E-state index is 12.2. The highest BCUT2D eigenvalue weighted by Crippen LogP contribution is 2.29. The Balaban J connectivity index is 1.78. The summed E-state index contributed by atoms with van der Waals surface area (Å²) < 4.78 is 2.94. The Morgan fingerprint density at radius 2 is 2.04 bits per heavy atom. The Hall–Kier alpha value is -3.19. The smallest absolute Gasteiger partial charge is 0.226 e. The van der Waals surface area contributed by atoms with Gasteiger partial charge in [-0.2, -0.15) is 5.10 Å². The predicted molar refractivity (Wildman–Crippen MR) is 107 cm³/mol. The molecule has 7 heteroatoms. The molecule has 0 bridgehead atoms. The average molecular weight is 423 g/mol. The summed E-state index contributed by atoms with van der Waals surface area (Å²) in [5.41, 5.74) is 2.68. The Bertz CT molecular complexity index is 1130. The number of hydrogen-bond donors (Lipinski definition) is 2. The molecule has 2 aromatic carbocycles. The fourth-order valence-corrected chi connectivity index (χ4v) is 3.34. The summed E-state index contributed by atoms with van der Waals surface area (Å²) in [6, 6.07) is 15.9. The van der Waals surface area contributed by atoms with Gasteiger partial charge in [0.1, 0.15) is 12.1 Å². The topological polar surface area (TPSA) is 83.8 Å². The van der Waals surface area contributed by atoms with Crippen molar-refractivity contribution in [1.82, 2.24) is 19.7 Å². The molecular weight excluding hydrogens is 408 g/mol. The first-order valence-corrected chi connectivity index (χ1v) is 9.04. The Morgan fingerprint density at radius 1 is 1.22 bits per heavy atom. The monoisotopic (exact) mass is 422 g/mol. The zero-order valence-corrected chi connectivity index (χ0v) is 15.7. The summed E-state index contributed by atoms with van der Waals surface area (Å²) in [5.74, 6) is -0.481. The second-order valence-electron chi connectivity index (χ2n) is 6.05. The molecule has 4 aromatic rings. The first-order valence-electron chi connectivity index (χ1n) is 8.25. The quantitative estimate of drug-likeness (QED) is 0.284. The SMILES string of the molecule is O=C(C=C(O)c1cn(Cc2ccccc2)c2ccc(Br)cc12)c1ncn[nH]1. The van der Waals surface area contributed by atoms with Crippen molar-refractivity contribution in [1.29, 1.82) is 0 Å². The highest BCUT2D eigenvalue weighted by molar-refractivity contribution is 9.10. The van der Waals surface area contributed by atoms with Crippen LogP contribution in [0.15, 0.2) is 71.6 Å². The molecule has 0 fully saturated rings. The number of aliphatic hydroxyl groups is 1. The van der Waals surface area contributed by atoms with Crippen LogP contribution in [0.2, 0.25) is 0 Å². The summed E-state index contributed by atoms with van der Waals surface area (Å²) in [6.45, 7) is 0.655. The third-order valence-corrected chi connectivity index (χ3v) is 4.72. The molecule has 0 spiro atoms. The summed E-state index contributed by atoms with van der Waals surface area (Å²) in [7, 11) is 0. The predicted octanol–water partition coefficient (Wildman–Crippen LogP) is 4.35. The van der Waals surface area contributed by atoms with Gasteiger partial charge >= 0.3 is 0 Å².